The maximum Gasteiger partial charge on any atom is 0.257 e. The summed E-state index contributed by atoms with van der Waals surface area (Å²) in [5.74, 6) is 1.53. The lowest BCUT2D eigenvalue weighted by molar-refractivity contribution is -0.123. The molecule has 22 heavy (non-hydrogen) atoms. The van der Waals surface area contributed by atoms with Gasteiger partial charge in [-0.3, -0.25) is 10.2 Å². The summed E-state index contributed by atoms with van der Waals surface area (Å²) in [6.07, 6.45) is 2.60. The zero-order chi connectivity index (χ0) is 15.8. The van der Waals surface area contributed by atoms with Gasteiger partial charge in [0.05, 0.1) is 0 Å². The van der Waals surface area contributed by atoms with Crippen LogP contribution in [0.3, 0.4) is 0 Å². The van der Waals surface area contributed by atoms with Crippen LogP contribution in [0.4, 0.5) is 0 Å². The van der Waals surface area contributed by atoms with Crippen molar-refractivity contribution in [1.82, 2.24) is 10.7 Å². The third-order valence-corrected chi connectivity index (χ3v) is 3.07. The Labute approximate surface area is 129 Å². The molecule has 7 nitrogen and oxygen atoms in total. The van der Waals surface area contributed by atoms with E-state index in [4.69, 9.17) is 15.2 Å². The Bertz CT molecular complexity index is 504. The Morgan fingerprint density at radius 3 is 2.82 bits per heavy atom. The number of carbonyl (C=O) groups excluding carboxylic acids is 1. The van der Waals surface area contributed by atoms with E-state index in [0.717, 1.165) is 12.2 Å². The Morgan fingerprint density at radius 2 is 2.14 bits per heavy atom. The van der Waals surface area contributed by atoms with Crippen molar-refractivity contribution in [2.45, 2.75) is 19.6 Å². The van der Waals surface area contributed by atoms with Gasteiger partial charge in [0.15, 0.2) is 12.8 Å². The van der Waals surface area contributed by atoms with E-state index < -0.39 is 0 Å². The number of carbonyl (C=O) groups is 1. The summed E-state index contributed by atoms with van der Waals surface area (Å²) in [6, 6.07) is 7.14. The summed E-state index contributed by atoms with van der Waals surface area (Å²) in [7, 11) is 0. The fourth-order valence-corrected chi connectivity index (χ4v) is 1.97. The fraction of sp³-hybridized carbons (Fsp3) is 0.467. The minimum absolute atomic E-state index is 0.0311. The van der Waals surface area contributed by atoms with Gasteiger partial charge in [-0.25, -0.2) is 0 Å². The highest BCUT2D eigenvalue weighted by atomic mass is 16.5. The Morgan fingerprint density at radius 1 is 1.41 bits per heavy atom. The lowest BCUT2D eigenvalue weighted by Gasteiger charge is -2.24. The first kappa shape index (κ1) is 16.1. The van der Waals surface area contributed by atoms with Crippen LogP contribution in [-0.2, 0) is 4.79 Å². The van der Waals surface area contributed by atoms with E-state index in [1.807, 2.05) is 6.21 Å². The molecule has 1 aliphatic rings. The van der Waals surface area contributed by atoms with Crippen molar-refractivity contribution in [3.63, 3.8) is 0 Å². The predicted octanol–water partition coefficient (Wildman–Crippen LogP) is 0.460. The molecule has 120 valence electrons. The van der Waals surface area contributed by atoms with Crippen molar-refractivity contribution >= 4 is 12.1 Å². The van der Waals surface area contributed by atoms with E-state index in [9.17, 15) is 4.79 Å². The van der Waals surface area contributed by atoms with E-state index in [2.05, 4.69) is 22.8 Å². The predicted molar refractivity (Wildman–Crippen MR) is 83.8 cm³/mol. The summed E-state index contributed by atoms with van der Waals surface area (Å²) in [5.41, 5.74) is 8.23. The van der Waals surface area contributed by atoms with Crippen LogP contribution in [0.25, 0.3) is 0 Å². The molecule has 1 heterocycles. The number of rotatable bonds is 7. The van der Waals surface area contributed by atoms with Crippen molar-refractivity contribution in [2.75, 3.05) is 19.7 Å². The highest BCUT2D eigenvalue weighted by Crippen LogP contribution is 2.20. The highest BCUT2D eigenvalue weighted by Gasteiger charge is 2.16. The lowest BCUT2D eigenvalue weighted by atomic mass is 10.1. The van der Waals surface area contributed by atoms with Crippen molar-refractivity contribution in [2.24, 2.45) is 16.8 Å². The number of hydrazone groups is 1. The number of ether oxygens (including phenoxy) is 2. The molecule has 0 spiro atoms. The van der Waals surface area contributed by atoms with Crippen molar-refractivity contribution in [1.29, 1.82) is 0 Å². The lowest BCUT2D eigenvalue weighted by Crippen LogP contribution is -2.36. The number of hydrogen-bond acceptors (Lipinski definition) is 6. The van der Waals surface area contributed by atoms with E-state index in [1.165, 1.54) is 0 Å². The number of hydrogen-bond donors (Lipinski definition) is 3. The molecule has 2 unspecified atom stereocenters. The van der Waals surface area contributed by atoms with E-state index in [-0.39, 0.29) is 18.7 Å². The van der Waals surface area contributed by atoms with Gasteiger partial charge in [0.25, 0.3) is 5.91 Å². The number of nitrogens with two attached hydrogens (primary N) is 1. The molecule has 0 saturated carbocycles. The molecule has 0 aliphatic carbocycles. The van der Waals surface area contributed by atoms with E-state index in [0.29, 0.717) is 24.8 Å². The monoisotopic (exact) mass is 306 g/mol. The molecule has 1 aromatic rings. The van der Waals surface area contributed by atoms with Gasteiger partial charge in [0.1, 0.15) is 11.5 Å². The second kappa shape index (κ2) is 8.23. The van der Waals surface area contributed by atoms with Crippen LogP contribution < -0.4 is 25.9 Å². The van der Waals surface area contributed by atoms with Crippen molar-refractivity contribution < 1.29 is 14.3 Å². The number of nitrogens with one attached hydrogen (secondary N) is 2. The maximum atomic E-state index is 11.4. The SMILES string of the molecule is CC1C=NNC(Oc2ccc(OCC(=O)NCCN)cc2)C1. The van der Waals surface area contributed by atoms with Crippen molar-refractivity contribution in [3.8, 4) is 11.5 Å². The van der Waals surface area contributed by atoms with Gasteiger partial charge >= 0.3 is 0 Å². The number of benzene rings is 1. The van der Waals surface area contributed by atoms with Crippen LogP contribution in [0, 0.1) is 5.92 Å². The Kier molecular flexibility index (Phi) is 6.02. The summed E-state index contributed by atoms with van der Waals surface area (Å²) in [4.78, 5) is 11.4. The molecule has 1 aliphatic heterocycles. The molecule has 7 heteroatoms. The average molecular weight is 306 g/mol. The molecule has 0 bridgehead atoms. The standard InChI is InChI=1S/C15H22N4O3/c1-11-8-15(19-18-9-11)22-13-4-2-12(3-5-13)21-10-14(20)17-7-6-16/h2-5,9,11,15,19H,6-8,10,16H2,1H3,(H,17,20). The van der Waals surface area contributed by atoms with Crippen LogP contribution in [-0.4, -0.2) is 38.0 Å². The minimum atomic E-state index is -0.191. The summed E-state index contributed by atoms with van der Waals surface area (Å²) >= 11 is 0. The van der Waals surface area contributed by atoms with Crippen LogP contribution in [0.5, 0.6) is 11.5 Å². The largest absolute Gasteiger partial charge is 0.484 e. The molecule has 2 rings (SSSR count). The van der Waals surface area contributed by atoms with E-state index in [1.54, 1.807) is 24.3 Å². The Hall–Kier alpha value is -2.28. The molecule has 0 radical (unpaired) electrons. The first-order valence-corrected chi connectivity index (χ1v) is 7.32. The van der Waals surface area contributed by atoms with Gasteiger partial charge in [-0.2, -0.15) is 5.10 Å². The summed E-state index contributed by atoms with van der Waals surface area (Å²) < 4.78 is 11.2. The molecular formula is C15H22N4O3. The van der Waals surface area contributed by atoms with Crippen LogP contribution in [0.2, 0.25) is 0 Å². The molecule has 1 aromatic carbocycles. The quantitative estimate of drug-likeness (QED) is 0.680. The van der Waals surface area contributed by atoms with E-state index >= 15 is 0 Å². The first-order valence-electron chi connectivity index (χ1n) is 7.32. The van der Waals surface area contributed by atoms with Gasteiger partial charge in [0.2, 0.25) is 0 Å². The van der Waals surface area contributed by atoms with Gasteiger partial charge in [-0.1, -0.05) is 6.92 Å². The third kappa shape index (κ3) is 5.25. The van der Waals surface area contributed by atoms with Gasteiger partial charge in [-0.15, -0.1) is 0 Å². The molecular weight excluding hydrogens is 284 g/mol. The maximum absolute atomic E-state index is 11.4. The van der Waals surface area contributed by atoms with Gasteiger partial charge < -0.3 is 20.5 Å². The fourth-order valence-electron chi connectivity index (χ4n) is 1.97. The second-order valence-corrected chi connectivity index (χ2v) is 5.13. The third-order valence-electron chi connectivity index (χ3n) is 3.07. The number of amides is 1. The van der Waals surface area contributed by atoms with Gasteiger partial charge in [-0.05, 0) is 30.2 Å². The minimum Gasteiger partial charge on any atom is -0.484 e. The normalized spacial score (nSPS) is 20.1. The number of nitrogens with zero attached hydrogens (tertiary/aromatic N) is 1. The molecule has 0 saturated heterocycles. The molecule has 1 amide bonds. The summed E-state index contributed by atoms with van der Waals surface area (Å²) in [5, 5.41) is 6.69. The molecule has 2 atom stereocenters. The van der Waals surface area contributed by atoms with Crippen LogP contribution in [0.15, 0.2) is 29.4 Å². The van der Waals surface area contributed by atoms with Crippen molar-refractivity contribution in [3.05, 3.63) is 24.3 Å². The topological polar surface area (TPSA) is 98.0 Å². The molecule has 0 fully saturated rings. The molecule has 4 N–H and O–H groups in total. The summed E-state index contributed by atoms with van der Waals surface area (Å²) in [6.45, 7) is 2.92. The molecule has 0 aromatic heterocycles. The Balaban J connectivity index is 1.78. The van der Waals surface area contributed by atoms with Crippen LogP contribution in [0.1, 0.15) is 13.3 Å². The smallest absolute Gasteiger partial charge is 0.257 e. The second-order valence-electron chi connectivity index (χ2n) is 5.13. The first-order chi connectivity index (χ1) is 10.7. The van der Waals surface area contributed by atoms with Crippen LogP contribution >= 0.6 is 0 Å². The van der Waals surface area contributed by atoms with Gasteiger partial charge in [0, 0.05) is 25.7 Å². The zero-order valence-electron chi connectivity index (χ0n) is 12.6. The highest BCUT2D eigenvalue weighted by molar-refractivity contribution is 5.77. The average Bonchev–Trinajstić information content (AvgIpc) is 2.52. The zero-order valence-corrected chi connectivity index (χ0v) is 12.6.